The minimum atomic E-state index is -0.789. The molecule has 0 saturated heterocycles. The fourth-order valence-corrected chi connectivity index (χ4v) is 2.97. The lowest BCUT2D eigenvalue weighted by atomic mass is 10.2. The number of carbonyl (C=O) groups is 1. The van der Waals surface area contributed by atoms with E-state index in [1.54, 1.807) is 24.3 Å². The number of aromatic amines is 1. The molecule has 0 aliphatic heterocycles. The molecule has 0 aliphatic carbocycles. The number of rotatable bonds is 7. The third kappa shape index (κ3) is 4.41. The number of H-pyrrole nitrogens is 1. The van der Waals surface area contributed by atoms with E-state index in [0.717, 1.165) is 15.0 Å². The van der Waals surface area contributed by atoms with Crippen molar-refractivity contribution in [1.82, 2.24) is 9.55 Å². The quantitative estimate of drug-likeness (QED) is 0.603. The fourth-order valence-electron chi connectivity index (χ4n) is 2.82. The molecule has 0 fully saturated rings. The highest BCUT2D eigenvalue weighted by Crippen LogP contribution is 2.23. The zero-order valence-corrected chi connectivity index (χ0v) is 16.3. The van der Waals surface area contributed by atoms with Crippen LogP contribution in [0.15, 0.2) is 56.5 Å². The van der Waals surface area contributed by atoms with Gasteiger partial charge in [-0.3, -0.25) is 24.0 Å². The number of halogens is 1. The topological polar surface area (TPSA) is 124 Å². The van der Waals surface area contributed by atoms with Gasteiger partial charge in [0.2, 0.25) is 0 Å². The largest absolute Gasteiger partial charge is 0.440 e. The molecule has 0 saturated carbocycles. The smallest absolute Gasteiger partial charge is 0.330 e. The van der Waals surface area contributed by atoms with Gasteiger partial charge in [-0.2, -0.15) is 0 Å². The van der Waals surface area contributed by atoms with Crippen LogP contribution >= 0.6 is 11.6 Å². The molecule has 9 nitrogen and oxygen atoms in total. The Bertz CT molecular complexity index is 1120. The molecule has 1 aromatic carbocycles. The summed E-state index contributed by atoms with van der Waals surface area (Å²) in [5.74, 6) is -0.855. The Morgan fingerprint density at radius 1 is 1.24 bits per heavy atom. The van der Waals surface area contributed by atoms with Crippen molar-refractivity contribution in [2.75, 3.05) is 24.4 Å². The summed E-state index contributed by atoms with van der Waals surface area (Å²) in [5, 5.41) is 0.0277. The molecule has 1 amide bonds. The van der Waals surface area contributed by atoms with Crippen LogP contribution in [0.1, 0.15) is 16.1 Å². The number of carbonyl (C=O) groups excluding carboxylic acids is 1. The minimum Gasteiger partial charge on any atom is -0.440 e. The molecule has 2 aromatic heterocycles. The van der Waals surface area contributed by atoms with Gasteiger partial charge in [-0.15, -0.1) is 0 Å². The van der Waals surface area contributed by atoms with Gasteiger partial charge in [0.1, 0.15) is 5.82 Å². The predicted octanol–water partition coefficient (Wildman–Crippen LogP) is 1.86. The molecule has 0 atom stereocenters. The fraction of sp³-hybridized carbons (Fsp3) is 0.211. The number of anilines is 2. The van der Waals surface area contributed by atoms with Crippen molar-refractivity contribution in [2.45, 2.75) is 13.1 Å². The number of nitrogens with zero attached hydrogens (tertiary/aromatic N) is 2. The molecule has 3 aromatic rings. The molecular formula is C19H19ClN4O5. The van der Waals surface area contributed by atoms with E-state index >= 15 is 0 Å². The summed E-state index contributed by atoms with van der Waals surface area (Å²) < 4.78 is 11.3. The van der Waals surface area contributed by atoms with Crippen molar-refractivity contribution < 1.29 is 13.9 Å². The van der Waals surface area contributed by atoms with Crippen LogP contribution in [0.25, 0.3) is 0 Å². The summed E-state index contributed by atoms with van der Waals surface area (Å²) in [4.78, 5) is 41.3. The van der Waals surface area contributed by atoms with E-state index in [9.17, 15) is 14.4 Å². The monoisotopic (exact) mass is 418 g/mol. The van der Waals surface area contributed by atoms with Gasteiger partial charge in [0, 0.05) is 7.11 Å². The summed E-state index contributed by atoms with van der Waals surface area (Å²) in [6, 6.07) is 11.8. The van der Waals surface area contributed by atoms with E-state index in [-0.39, 0.29) is 42.2 Å². The molecular weight excluding hydrogens is 400 g/mol. The molecule has 0 unspecified atom stereocenters. The lowest BCUT2D eigenvalue weighted by Gasteiger charge is -2.24. The first kappa shape index (κ1) is 20.4. The summed E-state index contributed by atoms with van der Waals surface area (Å²) in [7, 11) is 1.47. The Kier molecular flexibility index (Phi) is 6.20. The normalized spacial score (nSPS) is 10.8. The third-order valence-corrected chi connectivity index (χ3v) is 4.42. The van der Waals surface area contributed by atoms with Crippen molar-refractivity contribution in [1.29, 1.82) is 0 Å². The predicted molar refractivity (Wildman–Crippen MR) is 108 cm³/mol. The molecule has 2 heterocycles. The van der Waals surface area contributed by atoms with E-state index in [2.05, 4.69) is 4.98 Å². The van der Waals surface area contributed by atoms with Crippen LogP contribution in [-0.4, -0.2) is 29.2 Å². The van der Waals surface area contributed by atoms with Gasteiger partial charge in [-0.05, 0) is 29.3 Å². The van der Waals surface area contributed by atoms with Crippen LogP contribution in [-0.2, 0) is 17.8 Å². The average Bonchev–Trinajstić information content (AvgIpc) is 3.13. The SMILES string of the molecule is COCCn1c(N)c(N(Cc2ccccc2)C(=O)c2ccc(Cl)o2)c(=O)[nH]c1=O. The molecule has 3 N–H and O–H groups in total. The summed E-state index contributed by atoms with van der Waals surface area (Å²) in [6.07, 6.45) is 0. The van der Waals surface area contributed by atoms with E-state index in [4.69, 9.17) is 26.5 Å². The van der Waals surface area contributed by atoms with E-state index in [0.29, 0.717) is 0 Å². The van der Waals surface area contributed by atoms with Crippen LogP contribution in [0.4, 0.5) is 11.5 Å². The zero-order valence-electron chi connectivity index (χ0n) is 15.6. The molecule has 0 aliphatic rings. The van der Waals surface area contributed by atoms with Gasteiger partial charge >= 0.3 is 5.69 Å². The number of aromatic nitrogens is 2. The summed E-state index contributed by atoms with van der Waals surface area (Å²) in [5.41, 5.74) is 5.23. The maximum Gasteiger partial charge on any atom is 0.330 e. The molecule has 152 valence electrons. The highest BCUT2D eigenvalue weighted by Gasteiger charge is 2.27. The maximum absolute atomic E-state index is 13.1. The number of nitrogens with two attached hydrogens (primary N) is 1. The van der Waals surface area contributed by atoms with Gasteiger partial charge in [-0.25, -0.2) is 4.79 Å². The lowest BCUT2D eigenvalue weighted by molar-refractivity contribution is 0.0958. The highest BCUT2D eigenvalue weighted by molar-refractivity contribution is 6.29. The second-order valence-electron chi connectivity index (χ2n) is 6.12. The highest BCUT2D eigenvalue weighted by atomic mass is 35.5. The van der Waals surface area contributed by atoms with E-state index in [1.165, 1.54) is 19.2 Å². The number of benzene rings is 1. The second kappa shape index (κ2) is 8.80. The van der Waals surface area contributed by atoms with Crippen LogP contribution < -0.4 is 21.9 Å². The molecule has 10 heteroatoms. The summed E-state index contributed by atoms with van der Waals surface area (Å²) >= 11 is 5.79. The van der Waals surface area contributed by atoms with E-state index in [1.807, 2.05) is 6.07 Å². The number of methoxy groups -OCH3 is 1. The Balaban J connectivity index is 2.14. The number of nitrogen functional groups attached to an aromatic ring is 1. The van der Waals surface area contributed by atoms with Crippen LogP contribution in [0.2, 0.25) is 5.22 Å². The van der Waals surface area contributed by atoms with Crippen LogP contribution in [0, 0.1) is 0 Å². The van der Waals surface area contributed by atoms with Gasteiger partial charge in [-0.1, -0.05) is 30.3 Å². The Labute approximate surface area is 170 Å². The summed E-state index contributed by atoms with van der Waals surface area (Å²) in [6.45, 7) is 0.314. The van der Waals surface area contributed by atoms with Gasteiger partial charge in [0.05, 0.1) is 19.7 Å². The first-order chi connectivity index (χ1) is 13.9. The van der Waals surface area contributed by atoms with Crippen molar-refractivity contribution >= 4 is 29.0 Å². The lowest BCUT2D eigenvalue weighted by Crippen LogP contribution is -2.41. The van der Waals surface area contributed by atoms with Crippen molar-refractivity contribution in [3.8, 4) is 0 Å². The Morgan fingerprint density at radius 2 is 1.97 bits per heavy atom. The first-order valence-electron chi connectivity index (χ1n) is 8.65. The van der Waals surface area contributed by atoms with Crippen molar-refractivity contribution in [3.05, 3.63) is 79.8 Å². The number of furan rings is 1. The number of amides is 1. The number of hydrogen-bond acceptors (Lipinski definition) is 6. The molecule has 0 bridgehead atoms. The molecule has 0 spiro atoms. The van der Waals surface area contributed by atoms with Gasteiger partial charge < -0.3 is 14.9 Å². The van der Waals surface area contributed by atoms with Crippen molar-refractivity contribution in [2.24, 2.45) is 0 Å². The van der Waals surface area contributed by atoms with Crippen LogP contribution in [0.5, 0.6) is 0 Å². The molecule has 29 heavy (non-hydrogen) atoms. The third-order valence-electron chi connectivity index (χ3n) is 4.22. The maximum atomic E-state index is 13.1. The number of ether oxygens (including phenoxy) is 1. The number of hydrogen-bond donors (Lipinski definition) is 2. The Hall–Kier alpha value is -3.30. The second-order valence-corrected chi connectivity index (χ2v) is 6.49. The molecule has 0 radical (unpaired) electrons. The standard InChI is InChI=1S/C19H19ClN4O5/c1-28-10-9-23-16(21)15(17(25)22-19(23)27)24(11-12-5-3-2-4-6-12)18(26)13-7-8-14(20)29-13/h2-8H,9-11,21H2,1H3,(H,22,25,27). The van der Waals surface area contributed by atoms with E-state index < -0.39 is 17.2 Å². The number of nitrogens with one attached hydrogen (secondary N) is 1. The van der Waals surface area contributed by atoms with Gasteiger partial charge in [0.25, 0.3) is 11.5 Å². The minimum absolute atomic E-state index is 0.0216. The zero-order chi connectivity index (χ0) is 21.0. The first-order valence-corrected chi connectivity index (χ1v) is 9.02. The van der Waals surface area contributed by atoms with Crippen LogP contribution in [0.3, 0.4) is 0 Å². The Morgan fingerprint density at radius 3 is 2.59 bits per heavy atom. The average molecular weight is 419 g/mol. The van der Waals surface area contributed by atoms with Gasteiger partial charge in [0.15, 0.2) is 16.7 Å². The van der Waals surface area contributed by atoms with Crippen molar-refractivity contribution in [3.63, 3.8) is 0 Å². The molecule has 3 rings (SSSR count).